The summed E-state index contributed by atoms with van der Waals surface area (Å²) in [6.07, 6.45) is 7.65. The van der Waals surface area contributed by atoms with Gasteiger partial charge in [0.1, 0.15) is 11.5 Å². The second kappa shape index (κ2) is 7.79. The number of imidazole rings is 1. The molecule has 0 saturated carbocycles. The van der Waals surface area contributed by atoms with Gasteiger partial charge < -0.3 is 14.2 Å². The lowest BCUT2D eigenvalue weighted by atomic mass is 10.0. The van der Waals surface area contributed by atoms with Crippen molar-refractivity contribution in [2.45, 2.75) is 20.8 Å². The maximum Gasteiger partial charge on any atom is 0.162 e. The van der Waals surface area contributed by atoms with Crippen LogP contribution in [0.2, 0.25) is 0 Å². The molecule has 3 aromatic heterocycles. The lowest BCUT2D eigenvalue weighted by Crippen LogP contribution is -2.44. The van der Waals surface area contributed by atoms with Gasteiger partial charge in [-0.15, -0.1) is 0 Å². The number of hydrogen-bond acceptors (Lipinski definition) is 5. The van der Waals surface area contributed by atoms with E-state index in [1.807, 2.05) is 48.1 Å². The van der Waals surface area contributed by atoms with Crippen molar-refractivity contribution in [2.24, 2.45) is 0 Å². The normalized spacial score (nSPS) is 15.9. The van der Waals surface area contributed by atoms with Crippen molar-refractivity contribution >= 4 is 28.9 Å². The number of anilines is 1. The zero-order valence-electron chi connectivity index (χ0n) is 17.5. The van der Waals surface area contributed by atoms with E-state index in [9.17, 15) is 4.79 Å². The standard InChI is InChI=1S/C23H27N5O/c1-16-5-6-28-15-21(25-23(28)11-16)20(18(3)29)13-19-14-24-22(12-17(19)2)27-9-7-26(4)8-10-27/h5-6,11-15H,7-10H2,1-4H3/b20-13+. The molecule has 0 amide bonds. The first-order chi connectivity index (χ1) is 13.9. The highest BCUT2D eigenvalue weighted by atomic mass is 16.1. The molecule has 0 atom stereocenters. The lowest BCUT2D eigenvalue weighted by Gasteiger charge is -2.33. The van der Waals surface area contributed by atoms with Crippen LogP contribution >= 0.6 is 0 Å². The fourth-order valence-electron chi connectivity index (χ4n) is 3.64. The number of hydrogen-bond donors (Lipinski definition) is 0. The van der Waals surface area contributed by atoms with Crippen LogP contribution < -0.4 is 4.90 Å². The first-order valence-electron chi connectivity index (χ1n) is 9.99. The topological polar surface area (TPSA) is 53.7 Å². The van der Waals surface area contributed by atoms with Crippen LogP contribution in [0.3, 0.4) is 0 Å². The highest BCUT2D eigenvalue weighted by Gasteiger charge is 2.17. The first kappa shape index (κ1) is 19.3. The fraction of sp³-hybridized carbons (Fsp3) is 0.348. The number of nitrogens with zero attached hydrogens (tertiary/aromatic N) is 5. The molecule has 6 nitrogen and oxygen atoms in total. The summed E-state index contributed by atoms with van der Waals surface area (Å²) in [5.74, 6) is 0.994. The minimum absolute atomic E-state index is 0.00678. The Morgan fingerprint density at radius 1 is 1.14 bits per heavy atom. The van der Waals surface area contributed by atoms with E-state index < -0.39 is 0 Å². The number of pyridine rings is 2. The van der Waals surface area contributed by atoms with E-state index in [1.165, 1.54) is 0 Å². The number of carbonyl (C=O) groups excluding carboxylic acids is 1. The molecule has 150 valence electrons. The molecule has 0 bridgehead atoms. The van der Waals surface area contributed by atoms with Crippen molar-refractivity contribution in [1.82, 2.24) is 19.3 Å². The van der Waals surface area contributed by atoms with Gasteiger partial charge in [-0.1, -0.05) is 0 Å². The van der Waals surface area contributed by atoms with Gasteiger partial charge in [-0.2, -0.15) is 0 Å². The Labute approximate surface area is 171 Å². The average Bonchev–Trinajstić information content (AvgIpc) is 3.10. The lowest BCUT2D eigenvalue weighted by molar-refractivity contribution is -0.111. The van der Waals surface area contributed by atoms with E-state index in [-0.39, 0.29) is 5.78 Å². The predicted octanol–water partition coefficient (Wildman–Crippen LogP) is 3.23. The van der Waals surface area contributed by atoms with Crippen LogP contribution in [0.4, 0.5) is 5.82 Å². The quantitative estimate of drug-likeness (QED) is 0.641. The molecule has 0 radical (unpaired) electrons. The molecule has 0 aliphatic carbocycles. The average molecular weight is 390 g/mol. The summed E-state index contributed by atoms with van der Waals surface area (Å²) < 4.78 is 1.95. The number of aryl methyl sites for hydroxylation is 2. The van der Waals surface area contributed by atoms with Crippen molar-refractivity contribution in [3.8, 4) is 0 Å². The second-order valence-electron chi connectivity index (χ2n) is 7.90. The Bertz CT molecular complexity index is 1090. The van der Waals surface area contributed by atoms with Gasteiger partial charge in [-0.25, -0.2) is 9.97 Å². The summed E-state index contributed by atoms with van der Waals surface area (Å²) in [5, 5.41) is 0. The maximum absolute atomic E-state index is 12.4. The van der Waals surface area contributed by atoms with Gasteiger partial charge in [-0.3, -0.25) is 4.79 Å². The van der Waals surface area contributed by atoms with Gasteiger partial charge >= 0.3 is 0 Å². The van der Waals surface area contributed by atoms with Crippen LogP contribution in [0.5, 0.6) is 0 Å². The van der Waals surface area contributed by atoms with Crippen LogP contribution in [-0.4, -0.2) is 58.3 Å². The third-order valence-corrected chi connectivity index (χ3v) is 5.53. The van der Waals surface area contributed by atoms with Gasteiger partial charge in [0.25, 0.3) is 0 Å². The Morgan fingerprint density at radius 2 is 1.90 bits per heavy atom. The number of ketones is 1. The Morgan fingerprint density at radius 3 is 2.59 bits per heavy atom. The third kappa shape index (κ3) is 4.07. The number of aromatic nitrogens is 3. The summed E-state index contributed by atoms with van der Waals surface area (Å²) in [6.45, 7) is 9.75. The monoisotopic (exact) mass is 389 g/mol. The molecule has 0 unspecified atom stereocenters. The van der Waals surface area contributed by atoms with Gasteiger partial charge in [-0.05, 0) is 68.8 Å². The summed E-state index contributed by atoms with van der Waals surface area (Å²) in [5.41, 5.74) is 5.32. The minimum Gasteiger partial charge on any atom is -0.354 e. The van der Waals surface area contributed by atoms with E-state index in [2.05, 4.69) is 39.8 Å². The number of rotatable bonds is 4. The van der Waals surface area contributed by atoms with Crippen molar-refractivity contribution in [2.75, 3.05) is 38.1 Å². The van der Waals surface area contributed by atoms with E-state index in [1.54, 1.807) is 6.92 Å². The third-order valence-electron chi connectivity index (χ3n) is 5.53. The number of carbonyl (C=O) groups is 1. The molecule has 0 N–H and O–H groups in total. The molecule has 29 heavy (non-hydrogen) atoms. The van der Waals surface area contributed by atoms with Crippen LogP contribution in [0, 0.1) is 13.8 Å². The van der Waals surface area contributed by atoms with E-state index in [4.69, 9.17) is 0 Å². The predicted molar refractivity (Wildman–Crippen MR) is 117 cm³/mol. The van der Waals surface area contributed by atoms with E-state index in [0.717, 1.165) is 54.3 Å². The molecular weight excluding hydrogens is 362 g/mol. The minimum atomic E-state index is -0.00678. The Balaban J connectivity index is 1.66. The van der Waals surface area contributed by atoms with Crippen molar-refractivity contribution in [3.63, 3.8) is 0 Å². The summed E-state index contributed by atoms with van der Waals surface area (Å²) in [4.78, 5) is 26.4. The molecule has 6 heteroatoms. The number of piperazine rings is 1. The van der Waals surface area contributed by atoms with Crippen LogP contribution in [0.25, 0.3) is 17.3 Å². The first-order valence-corrected chi connectivity index (χ1v) is 9.99. The molecule has 0 aromatic carbocycles. The van der Waals surface area contributed by atoms with Crippen molar-refractivity contribution < 1.29 is 4.79 Å². The second-order valence-corrected chi connectivity index (χ2v) is 7.90. The number of likely N-dealkylation sites (N-methyl/N-ethyl adjacent to an activating group) is 1. The van der Waals surface area contributed by atoms with Gasteiger partial charge in [0.2, 0.25) is 0 Å². The number of Topliss-reactive ketones (excluding diaryl/α,β-unsaturated/α-hetero) is 1. The highest BCUT2D eigenvalue weighted by molar-refractivity contribution is 6.23. The highest BCUT2D eigenvalue weighted by Crippen LogP contribution is 2.24. The van der Waals surface area contributed by atoms with Crippen LogP contribution in [0.15, 0.2) is 36.8 Å². The molecule has 0 spiro atoms. The van der Waals surface area contributed by atoms with Crippen molar-refractivity contribution in [1.29, 1.82) is 0 Å². The number of fused-ring (bicyclic) bond motifs is 1. The Kier molecular flexibility index (Phi) is 5.20. The fourth-order valence-corrected chi connectivity index (χ4v) is 3.64. The van der Waals surface area contributed by atoms with Gasteiger partial charge in [0.15, 0.2) is 5.78 Å². The molecule has 4 heterocycles. The smallest absolute Gasteiger partial charge is 0.162 e. The van der Waals surface area contributed by atoms with Gasteiger partial charge in [0.05, 0.1) is 5.69 Å². The molecule has 3 aromatic rings. The zero-order chi connectivity index (χ0) is 20.5. The van der Waals surface area contributed by atoms with Crippen molar-refractivity contribution in [3.05, 3.63) is 59.2 Å². The molecule has 1 saturated heterocycles. The van der Waals surface area contributed by atoms with E-state index in [0.29, 0.717) is 11.3 Å². The summed E-state index contributed by atoms with van der Waals surface area (Å²) in [7, 11) is 2.15. The molecule has 1 aliphatic heterocycles. The molecular formula is C23H27N5O. The molecule has 1 aliphatic rings. The van der Waals surface area contributed by atoms with E-state index >= 15 is 0 Å². The number of allylic oxidation sites excluding steroid dienone is 1. The van der Waals surface area contributed by atoms with Crippen LogP contribution in [-0.2, 0) is 4.79 Å². The van der Waals surface area contributed by atoms with Gasteiger partial charge in [0, 0.05) is 50.3 Å². The molecule has 1 fully saturated rings. The zero-order valence-corrected chi connectivity index (χ0v) is 17.5. The summed E-state index contributed by atoms with van der Waals surface area (Å²) in [6, 6.07) is 6.15. The summed E-state index contributed by atoms with van der Waals surface area (Å²) >= 11 is 0. The molecule has 4 rings (SSSR count). The maximum atomic E-state index is 12.4. The largest absolute Gasteiger partial charge is 0.354 e. The van der Waals surface area contributed by atoms with Crippen LogP contribution in [0.1, 0.15) is 29.3 Å². The Hall–Kier alpha value is -2.99. The SMILES string of the molecule is CC(=O)/C(=C\c1cnc(N2CCN(C)CC2)cc1C)c1cn2ccc(C)cc2n1.